The third-order valence-electron chi connectivity index (χ3n) is 2.88. The topological polar surface area (TPSA) is 30.5 Å². The fourth-order valence-electron chi connectivity index (χ4n) is 1.78. The van der Waals surface area contributed by atoms with Gasteiger partial charge in [-0.2, -0.15) is 0 Å². The van der Waals surface area contributed by atoms with Crippen LogP contribution < -0.4 is 14.8 Å². The van der Waals surface area contributed by atoms with Crippen LogP contribution in [-0.4, -0.2) is 26.8 Å². The molecule has 3 nitrogen and oxygen atoms in total. The molecule has 0 saturated carbocycles. The van der Waals surface area contributed by atoms with Gasteiger partial charge in [0.1, 0.15) is 11.5 Å². The Bertz CT molecular complexity index is 322. The number of benzene rings is 1. The fourth-order valence-corrected chi connectivity index (χ4v) is 1.78. The van der Waals surface area contributed by atoms with Gasteiger partial charge in [0.2, 0.25) is 0 Å². The van der Waals surface area contributed by atoms with Gasteiger partial charge in [-0.15, -0.1) is 0 Å². The minimum Gasteiger partial charge on any atom is -0.497 e. The van der Waals surface area contributed by atoms with E-state index in [9.17, 15) is 0 Å². The van der Waals surface area contributed by atoms with Crippen molar-refractivity contribution in [2.24, 2.45) is 5.92 Å². The molecule has 19 heavy (non-hydrogen) atoms. The lowest BCUT2D eigenvalue weighted by molar-refractivity contribution is 0.304. The maximum absolute atomic E-state index is 5.67. The highest BCUT2D eigenvalue weighted by molar-refractivity contribution is 5.31. The molecule has 0 heterocycles. The van der Waals surface area contributed by atoms with Crippen LogP contribution in [0.3, 0.4) is 0 Å². The first kappa shape index (κ1) is 15.8. The van der Waals surface area contributed by atoms with Gasteiger partial charge in [0, 0.05) is 0 Å². The van der Waals surface area contributed by atoms with Gasteiger partial charge in [-0.25, -0.2) is 0 Å². The molecule has 1 rings (SSSR count). The van der Waals surface area contributed by atoms with Crippen molar-refractivity contribution in [1.29, 1.82) is 0 Å². The number of unbranched alkanes of at least 4 members (excludes halogenated alkanes) is 2. The van der Waals surface area contributed by atoms with Crippen molar-refractivity contribution in [3.63, 3.8) is 0 Å². The first-order valence-electron chi connectivity index (χ1n) is 7.20. The summed E-state index contributed by atoms with van der Waals surface area (Å²) in [6.07, 6.45) is 3.54. The Labute approximate surface area is 117 Å². The Morgan fingerprint density at radius 2 is 1.68 bits per heavy atom. The van der Waals surface area contributed by atoms with Gasteiger partial charge < -0.3 is 14.8 Å². The van der Waals surface area contributed by atoms with Gasteiger partial charge in [-0.3, -0.25) is 0 Å². The molecule has 0 aliphatic rings. The average molecular weight is 265 g/mol. The number of rotatable bonds is 10. The molecule has 108 valence electrons. The minimum atomic E-state index is 0.735. The van der Waals surface area contributed by atoms with Crippen molar-refractivity contribution in [2.75, 3.05) is 26.8 Å². The van der Waals surface area contributed by atoms with Crippen LogP contribution in [0.15, 0.2) is 24.3 Å². The van der Waals surface area contributed by atoms with Crippen molar-refractivity contribution < 1.29 is 9.47 Å². The molecule has 0 aliphatic heterocycles. The Morgan fingerprint density at radius 3 is 2.32 bits per heavy atom. The van der Waals surface area contributed by atoms with E-state index in [1.165, 1.54) is 12.8 Å². The standard InChI is InChI=1S/C16H27NO2/c1-14(2)13-17-11-5-4-6-12-19-16-9-7-15(18-3)8-10-16/h7-10,14,17H,4-6,11-13H2,1-3H3. The van der Waals surface area contributed by atoms with Crippen LogP contribution in [0, 0.1) is 5.92 Å². The first-order valence-corrected chi connectivity index (χ1v) is 7.20. The summed E-state index contributed by atoms with van der Waals surface area (Å²) in [6, 6.07) is 7.74. The summed E-state index contributed by atoms with van der Waals surface area (Å²) < 4.78 is 10.8. The van der Waals surface area contributed by atoms with E-state index in [1.54, 1.807) is 7.11 Å². The van der Waals surface area contributed by atoms with Gasteiger partial charge >= 0.3 is 0 Å². The van der Waals surface area contributed by atoms with Crippen molar-refractivity contribution in [3.8, 4) is 11.5 Å². The van der Waals surface area contributed by atoms with Crippen LogP contribution in [0.4, 0.5) is 0 Å². The summed E-state index contributed by atoms with van der Waals surface area (Å²) in [4.78, 5) is 0. The van der Waals surface area contributed by atoms with E-state index in [-0.39, 0.29) is 0 Å². The number of ether oxygens (including phenoxy) is 2. The quantitative estimate of drug-likeness (QED) is 0.657. The van der Waals surface area contributed by atoms with Gasteiger partial charge in [0.05, 0.1) is 13.7 Å². The molecule has 0 aromatic heterocycles. The van der Waals surface area contributed by atoms with Crippen LogP contribution in [0.5, 0.6) is 11.5 Å². The van der Waals surface area contributed by atoms with Gasteiger partial charge in [0.15, 0.2) is 0 Å². The van der Waals surface area contributed by atoms with E-state index in [1.807, 2.05) is 24.3 Å². The number of methoxy groups -OCH3 is 1. The van der Waals surface area contributed by atoms with E-state index in [4.69, 9.17) is 9.47 Å². The lowest BCUT2D eigenvalue weighted by Crippen LogP contribution is -2.20. The molecule has 3 heteroatoms. The summed E-state index contributed by atoms with van der Waals surface area (Å²) in [7, 11) is 1.67. The molecule has 0 bridgehead atoms. The molecule has 0 amide bonds. The summed E-state index contributed by atoms with van der Waals surface area (Å²) in [5.74, 6) is 2.51. The summed E-state index contributed by atoms with van der Waals surface area (Å²) in [6.45, 7) is 7.48. The van der Waals surface area contributed by atoms with E-state index in [0.29, 0.717) is 0 Å². The maximum Gasteiger partial charge on any atom is 0.119 e. The van der Waals surface area contributed by atoms with Crippen molar-refractivity contribution in [1.82, 2.24) is 5.32 Å². The second-order valence-electron chi connectivity index (χ2n) is 5.18. The van der Waals surface area contributed by atoms with Crippen LogP contribution in [0.2, 0.25) is 0 Å². The maximum atomic E-state index is 5.67. The zero-order valence-electron chi connectivity index (χ0n) is 12.4. The zero-order chi connectivity index (χ0) is 13.9. The SMILES string of the molecule is COc1ccc(OCCCCCNCC(C)C)cc1. The van der Waals surface area contributed by atoms with Crippen molar-refractivity contribution >= 4 is 0 Å². The largest absolute Gasteiger partial charge is 0.497 e. The Kier molecular flexibility index (Phi) is 8.07. The smallest absolute Gasteiger partial charge is 0.119 e. The monoisotopic (exact) mass is 265 g/mol. The van der Waals surface area contributed by atoms with Crippen LogP contribution in [0.1, 0.15) is 33.1 Å². The van der Waals surface area contributed by atoms with Gasteiger partial charge in [0.25, 0.3) is 0 Å². The molecule has 0 radical (unpaired) electrons. The molecule has 1 aromatic rings. The Morgan fingerprint density at radius 1 is 1.00 bits per heavy atom. The third kappa shape index (κ3) is 7.73. The van der Waals surface area contributed by atoms with Crippen LogP contribution in [-0.2, 0) is 0 Å². The minimum absolute atomic E-state index is 0.735. The summed E-state index contributed by atoms with van der Waals surface area (Å²) >= 11 is 0. The van der Waals surface area contributed by atoms with E-state index in [2.05, 4.69) is 19.2 Å². The number of hydrogen-bond donors (Lipinski definition) is 1. The lowest BCUT2D eigenvalue weighted by atomic mass is 10.2. The highest BCUT2D eigenvalue weighted by Crippen LogP contribution is 2.17. The van der Waals surface area contributed by atoms with Crippen molar-refractivity contribution in [2.45, 2.75) is 33.1 Å². The predicted molar refractivity (Wildman–Crippen MR) is 80.0 cm³/mol. The highest BCUT2D eigenvalue weighted by Gasteiger charge is 1.96. The Balaban J connectivity index is 1.98. The average Bonchev–Trinajstić information content (AvgIpc) is 2.42. The molecule has 0 spiro atoms. The van der Waals surface area contributed by atoms with Gasteiger partial charge in [-0.05, 0) is 62.5 Å². The number of nitrogens with one attached hydrogen (secondary N) is 1. The highest BCUT2D eigenvalue weighted by atomic mass is 16.5. The molecule has 0 atom stereocenters. The third-order valence-corrected chi connectivity index (χ3v) is 2.88. The molecule has 1 N–H and O–H groups in total. The summed E-state index contributed by atoms with van der Waals surface area (Å²) in [5.41, 5.74) is 0. The normalized spacial score (nSPS) is 10.7. The molecular formula is C16H27NO2. The molecule has 0 aliphatic carbocycles. The Hall–Kier alpha value is -1.22. The second kappa shape index (κ2) is 9.68. The molecule has 0 fully saturated rings. The van der Waals surface area contributed by atoms with Crippen molar-refractivity contribution in [3.05, 3.63) is 24.3 Å². The summed E-state index contributed by atoms with van der Waals surface area (Å²) in [5, 5.41) is 3.45. The number of hydrogen-bond acceptors (Lipinski definition) is 3. The lowest BCUT2D eigenvalue weighted by Gasteiger charge is -2.08. The molecular weight excluding hydrogens is 238 g/mol. The molecule has 1 aromatic carbocycles. The predicted octanol–water partition coefficient (Wildman–Crippen LogP) is 3.49. The van der Waals surface area contributed by atoms with E-state index < -0.39 is 0 Å². The molecule has 0 unspecified atom stereocenters. The zero-order valence-corrected chi connectivity index (χ0v) is 12.4. The van der Waals surface area contributed by atoms with E-state index in [0.717, 1.165) is 43.5 Å². The van der Waals surface area contributed by atoms with Crippen LogP contribution >= 0.6 is 0 Å². The first-order chi connectivity index (χ1) is 9.22. The van der Waals surface area contributed by atoms with Gasteiger partial charge in [-0.1, -0.05) is 13.8 Å². The fraction of sp³-hybridized carbons (Fsp3) is 0.625. The molecule has 0 saturated heterocycles. The second-order valence-corrected chi connectivity index (χ2v) is 5.18. The van der Waals surface area contributed by atoms with Crippen LogP contribution in [0.25, 0.3) is 0 Å². The van der Waals surface area contributed by atoms with E-state index >= 15 is 0 Å².